The normalized spacial score (nSPS) is 27.9. The number of hydrogen-bond donors (Lipinski definition) is 2. The fraction of sp³-hybridized carbons (Fsp3) is 0.417. The van der Waals surface area contributed by atoms with Gasteiger partial charge in [-0.1, -0.05) is 22.0 Å². The van der Waals surface area contributed by atoms with E-state index in [4.69, 9.17) is 0 Å². The van der Waals surface area contributed by atoms with E-state index in [9.17, 15) is 4.79 Å². The summed E-state index contributed by atoms with van der Waals surface area (Å²) in [4.78, 5) is 12.1. The van der Waals surface area contributed by atoms with E-state index >= 15 is 0 Å². The topological polar surface area (TPSA) is 41.1 Å². The van der Waals surface area contributed by atoms with Gasteiger partial charge in [0.25, 0.3) is 0 Å². The SMILES string of the molecule is O=C1Nc2cc(Br)ccc2CC12CCNC2. The molecule has 1 aromatic carbocycles. The Morgan fingerprint density at radius 2 is 2.25 bits per heavy atom. The molecule has 1 aromatic rings. The number of halogens is 1. The van der Waals surface area contributed by atoms with Gasteiger partial charge in [0.2, 0.25) is 5.91 Å². The number of benzene rings is 1. The van der Waals surface area contributed by atoms with E-state index in [1.807, 2.05) is 12.1 Å². The minimum Gasteiger partial charge on any atom is -0.325 e. The summed E-state index contributed by atoms with van der Waals surface area (Å²) >= 11 is 3.42. The second-order valence-corrected chi connectivity index (χ2v) is 5.56. The molecular weight excluding hydrogens is 268 g/mol. The molecule has 16 heavy (non-hydrogen) atoms. The van der Waals surface area contributed by atoms with Gasteiger partial charge in [-0.2, -0.15) is 0 Å². The number of carbonyl (C=O) groups is 1. The Labute approximate surface area is 103 Å². The van der Waals surface area contributed by atoms with Crippen LogP contribution < -0.4 is 10.6 Å². The quantitative estimate of drug-likeness (QED) is 0.763. The molecule has 0 bridgehead atoms. The molecule has 3 nitrogen and oxygen atoms in total. The lowest BCUT2D eigenvalue weighted by Crippen LogP contribution is -2.43. The van der Waals surface area contributed by atoms with Crippen LogP contribution in [-0.4, -0.2) is 19.0 Å². The van der Waals surface area contributed by atoms with Gasteiger partial charge in [0.05, 0.1) is 5.41 Å². The number of anilines is 1. The largest absolute Gasteiger partial charge is 0.325 e. The Kier molecular flexibility index (Phi) is 2.30. The maximum atomic E-state index is 12.1. The van der Waals surface area contributed by atoms with Gasteiger partial charge in [0, 0.05) is 16.7 Å². The van der Waals surface area contributed by atoms with Gasteiger partial charge in [-0.3, -0.25) is 4.79 Å². The second-order valence-electron chi connectivity index (χ2n) is 4.64. The summed E-state index contributed by atoms with van der Waals surface area (Å²) in [5.41, 5.74) is 1.99. The minimum absolute atomic E-state index is 0.170. The highest BCUT2D eigenvalue weighted by atomic mass is 79.9. The molecule has 3 rings (SSSR count). The minimum atomic E-state index is -0.208. The lowest BCUT2D eigenvalue weighted by molar-refractivity contribution is -0.125. The standard InChI is InChI=1S/C12H13BrN2O/c13-9-2-1-8-6-12(3-4-14-7-12)11(16)15-10(8)5-9/h1-2,5,14H,3-4,6-7H2,(H,15,16). The number of amides is 1. The molecule has 1 fully saturated rings. The first-order valence-electron chi connectivity index (χ1n) is 5.50. The Balaban J connectivity index is 2.01. The lowest BCUT2D eigenvalue weighted by Gasteiger charge is -2.33. The van der Waals surface area contributed by atoms with Crippen LogP contribution in [0, 0.1) is 5.41 Å². The van der Waals surface area contributed by atoms with Crippen molar-refractivity contribution in [3.8, 4) is 0 Å². The van der Waals surface area contributed by atoms with E-state index in [1.54, 1.807) is 0 Å². The highest BCUT2D eigenvalue weighted by molar-refractivity contribution is 9.10. The fourth-order valence-electron chi connectivity index (χ4n) is 2.61. The average Bonchev–Trinajstić information content (AvgIpc) is 2.70. The average molecular weight is 281 g/mol. The summed E-state index contributed by atoms with van der Waals surface area (Å²) < 4.78 is 1.01. The summed E-state index contributed by atoms with van der Waals surface area (Å²) in [7, 11) is 0. The van der Waals surface area contributed by atoms with Crippen LogP contribution in [0.3, 0.4) is 0 Å². The number of nitrogens with one attached hydrogen (secondary N) is 2. The van der Waals surface area contributed by atoms with Crippen molar-refractivity contribution < 1.29 is 4.79 Å². The Morgan fingerprint density at radius 1 is 1.38 bits per heavy atom. The lowest BCUT2D eigenvalue weighted by atomic mass is 9.77. The molecule has 2 aliphatic rings. The van der Waals surface area contributed by atoms with E-state index in [0.29, 0.717) is 0 Å². The molecule has 2 N–H and O–H groups in total. The molecule has 4 heteroatoms. The van der Waals surface area contributed by atoms with Crippen molar-refractivity contribution >= 4 is 27.5 Å². The van der Waals surface area contributed by atoms with Gasteiger partial charge in [-0.15, -0.1) is 0 Å². The first kappa shape index (κ1) is 10.3. The van der Waals surface area contributed by atoms with Crippen LogP contribution in [0.15, 0.2) is 22.7 Å². The molecule has 0 radical (unpaired) electrons. The third kappa shape index (κ3) is 1.48. The van der Waals surface area contributed by atoms with Crippen molar-refractivity contribution in [3.05, 3.63) is 28.2 Å². The van der Waals surface area contributed by atoms with Gasteiger partial charge in [-0.05, 0) is 37.1 Å². The van der Waals surface area contributed by atoms with Gasteiger partial charge in [0.1, 0.15) is 0 Å². The highest BCUT2D eigenvalue weighted by Crippen LogP contribution is 2.38. The number of rotatable bonds is 0. The predicted molar refractivity (Wildman–Crippen MR) is 66.4 cm³/mol. The molecule has 1 saturated heterocycles. The zero-order valence-corrected chi connectivity index (χ0v) is 10.4. The molecule has 84 valence electrons. The molecule has 2 heterocycles. The fourth-order valence-corrected chi connectivity index (χ4v) is 2.97. The van der Waals surface area contributed by atoms with Gasteiger partial charge < -0.3 is 10.6 Å². The van der Waals surface area contributed by atoms with Gasteiger partial charge >= 0.3 is 0 Å². The molecule has 0 aromatic heterocycles. The van der Waals surface area contributed by atoms with Crippen LogP contribution in [0.1, 0.15) is 12.0 Å². The molecule has 1 atom stereocenters. The van der Waals surface area contributed by atoms with E-state index in [-0.39, 0.29) is 11.3 Å². The van der Waals surface area contributed by atoms with Crippen molar-refractivity contribution in [2.75, 3.05) is 18.4 Å². The molecule has 1 amide bonds. The number of carbonyl (C=O) groups excluding carboxylic acids is 1. The van der Waals surface area contributed by atoms with Crippen LogP contribution in [0.2, 0.25) is 0 Å². The maximum absolute atomic E-state index is 12.1. The summed E-state index contributed by atoms with van der Waals surface area (Å²) in [6.07, 6.45) is 1.79. The zero-order valence-electron chi connectivity index (χ0n) is 8.85. The smallest absolute Gasteiger partial charge is 0.232 e. The first-order chi connectivity index (χ1) is 7.70. The van der Waals surface area contributed by atoms with Crippen molar-refractivity contribution in [2.45, 2.75) is 12.8 Å². The van der Waals surface area contributed by atoms with E-state index in [0.717, 1.165) is 36.1 Å². The van der Waals surface area contributed by atoms with E-state index < -0.39 is 0 Å². The van der Waals surface area contributed by atoms with Crippen LogP contribution >= 0.6 is 15.9 Å². The van der Waals surface area contributed by atoms with Crippen molar-refractivity contribution in [3.63, 3.8) is 0 Å². The summed E-state index contributed by atoms with van der Waals surface area (Å²) in [6, 6.07) is 6.10. The van der Waals surface area contributed by atoms with Gasteiger partial charge in [0.15, 0.2) is 0 Å². The third-order valence-electron chi connectivity index (χ3n) is 3.57. The first-order valence-corrected chi connectivity index (χ1v) is 6.30. The van der Waals surface area contributed by atoms with Crippen molar-refractivity contribution in [2.24, 2.45) is 5.41 Å². The molecule has 0 saturated carbocycles. The van der Waals surface area contributed by atoms with Crippen molar-refractivity contribution in [1.82, 2.24) is 5.32 Å². The molecule has 0 aliphatic carbocycles. The summed E-state index contributed by atoms with van der Waals surface area (Å²) in [6.45, 7) is 1.74. The van der Waals surface area contributed by atoms with Crippen LogP contribution in [0.4, 0.5) is 5.69 Å². The van der Waals surface area contributed by atoms with Gasteiger partial charge in [-0.25, -0.2) is 0 Å². The Bertz CT molecular complexity index is 452. The van der Waals surface area contributed by atoms with E-state index in [2.05, 4.69) is 32.6 Å². The predicted octanol–water partition coefficient (Wildman–Crippen LogP) is 1.92. The van der Waals surface area contributed by atoms with Crippen LogP contribution in [0.5, 0.6) is 0 Å². The number of fused-ring (bicyclic) bond motifs is 1. The molecule has 1 unspecified atom stereocenters. The van der Waals surface area contributed by atoms with Crippen LogP contribution in [0.25, 0.3) is 0 Å². The maximum Gasteiger partial charge on any atom is 0.232 e. The summed E-state index contributed by atoms with van der Waals surface area (Å²) in [5, 5.41) is 6.31. The summed E-state index contributed by atoms with van der Waals surface area (Å²) in [5.74, 6) is 0.170. The Hall–Kier alpha value is -0.870. The highest BCUT2D eigenvalue weighted by Gasteiger charge is 2.44. The monoisotopic (exact) mass is 280 g/mol. The van der Waals surface area contributed by atoms with Crippen LogP contribution in [-0.2, 0) is 11.2 Å². The molecule has 2 aliphatic heterocycles. The molecular formula is C12H13BrN2O. The zero-order chi connectivity index (χ0) is 11.2. The van der Waals surface area contributed by atoms with E-state index in [1.165, 1.54) is 5.56 Å². The van der Waals surface area contributed by atoms with Crippen molar-refractivity contribution in [1.29, 1.82) is 0 Å². The number of hydrogen-bond acceptors (Lipinski definition) is 2. The third-order valence-corrected chi connectivity index (χ3v) is 4.07. The Morgan fingerprint density at radius 3 is 3.00 bits per heavy atom. The molecule has 1 spiro atoms. The second kappa shape index (κ2) is 3.57.